The van der Waals surface area contributed by atoms with E-state index in [9.17, 15) is 19.7 Å². The summed E-state index contributed by atoms with van der Waals surface area (Å²) in [5.41, 5.74) is 1.48. The fourth-order valence-corrected chi connectivity index (χ4v) is 5.60. The molecule has 3 aromatic rings. The maximum absolute atomic E-state index is 12.8. The Morgan fingerprint density at radius 1 is 0.972 bits per heavy atom. The van der Waals surface area contributed by atoms with Crippen molar-refractivity contribution in [1.29, 1.82) is 0 Å². The second-order valence-corrected chi connectivity index (χ2v) is 10.2. The Morgan fingerprint density at radius 2 is 1.64 bits per heavy atom. The molecule has 0 atom stereocenters. The molecule has 0 N–H and O–H groups in total. The molecule has 1 aliphatic heterocycles. The number of rotatable bonds is 9. The van der Waals surface area contributed by atoms with Crippen molar-refractivity contribution in [3.8, 4) is 11.5 Å². The number of carbonyl (C=O) groups is 2. The van der Waals surface area contributed by atoms with E-state index in [2.05, 4.69) is 31.9 Å². The summed E-state index contributed by atoms with van der Waals surface area (Å²) in [6, 6.07) is 18.9. The largest absolute Gasteiger partial charge is 0.492 e. The van der Waals surface area contributed by atoms with Crippen molar-refractivity contribution in [2.24, 2.45) is 0 Å². The van der Waals surface area contributed by atoms with Gasteiger partial charge in [0.1, 0.15) is 24.7 Å². The van der Waals surface area contributed by atoms with Crippen LogP contribution in [0.15, 0.2) is 80.6 Å². The summed E-state index contributed by atoms with van der Waals surface area (Å²) in [6.07, 6.45) is 1.65. The molecule has 184 valence electrons. The van der Waals surface area contributed by atoms with E-state index in [1.165, 1.54) is 17.0 Å². The van der Waals surface area contributed by atoms with E-state index in [-0.39, 0.29) is 36.6 Å². The Bertz CT molecular complexity index is 1310. The molecule has 0 unspecified atom stereocenters. The molecule has 0 saturated carbocycles. The Hall–Kier alpha value is -3.15. The van der Waals surface area contributed by atoms with Gasteiger partial charge in [-0.1, -0.05) is 18.2 Å². The Kier molecular flexibility index (Phi) is 8.44. The van der Waals surface area contributed by atoms with Gasteiger partial charge in [-0.2, -0.15) is 0 Å². The zero-order valence-electron chi connectivity index (χ0n) is 18.6. The first-order valence-corrected chi connectivity index (χ1v) is 13.0. The van der Waals surface area contributed by atoms with Crippen molar-refractivity contribution in [2.45, 2.75) is 6.61 Å². The van der Waals surface area contributed by atoms with Gasteiger partial charge in [0.25, 0.3) is 16.8 Å². The first kappa shape index (κ1) is 25.9. The van der Waals surface area contributed by atoms with Crippen LogP contribution in [0.3, 0.4) is 0 Å². The van der Waals surface area contributed by atoms with E-state index in [4.69, 9.17) is 9.47 Å². The van der Waals surface area contributed by atoms with Crippen molar-refractivity contribution in [1.82, 2.24) is 4.90 Å². The number of hydrogen-bond acceptors (Lipinski definition) is 7. The van der Waals surface area contributed by atoms with Gasteiger partial charge in [0, 0.05) is 12.1 Å². The Morgan fingerprint density at radius 3 is 2.28 bits per heavy atom. The van der Waals surface area contributed by atoms with E-state index < -0.39 is 4.92 Å². The van der Waals surface area contributed by atoms with Crippen molar-refractivity contribution in [3.05, 3.63) is 102 Å². The topological polar surface area (TPSA) is 99.0 Å². The van der Waals surface area contributed by atoms with Gasteiger partial charge in [-0.15, -0.1) is 0 Å². The fraction of sp³-hybridized carbons (Fsp3) is 0.120. The molecular formula is C25H18Br2N2O6S. The molecule has 3 aromatic carbocycles. The first-order valence-electron chi connectivity index (χ1n) is 10.6. The average Bonchev–Trinajstić information content (AvgIpc) is 3.11. The molecule has 2 amide bonds. The van der Waals surface area contributed by atoms with Crippen molar-refractivity contribution in [3.63, 3.8) is 0 Å². The molecule has 11 heteroatoms. The van der Waals surface area contributed by atoms with Gasteiger partial charge in [0.05, 0.1) is 25.3 Å². The van der Waals surface area contributed by atoms with E-state index >= 15 is 0 Å². The summed E-state index contributed by atoms with van der Waals surface area (Å²) < 4.78 is 12.8. The van der Waals surface area contributed by atoms with Crippen molar-refractivity contribution >= 4 is 66.5 Å². The number of carbonyl (C=O) groups excluding carboxylic acids is 2. The highest BCUT2D eigenvalue weighted by Crippen LogP contribution is 2.38. The highest BCUT2D eigenvalue weighted by atomic mass is 79.9. The van der Waals surface area contributed by atoms with Gasteiger partial charge >= 0.3 is 0 Å². The summed E-state index contributed by atoms with van der Waals surface area (Å²) in [7, 11) is 0. The van der Waals surface area contributed by atoms with Crippen LogP contribution in [0, 0.1) is 10.1 Å². The maximum atomic E-state index is 12.8. The molecule has 0 aliphatic carbocycles. The number of ether oxygens (including phenoxy) is 2. The Labute approximate surface area is 227 Å². The number of imide groups is 1. The number of nitro benzene ring substituents is 1. The van der Waals surface area contributed by atoms with E-state index in [0.29, 0.717) is 30.9 Å². The van der Waals surface area contributed by atoms with Crippen molar-refractivity contribution < 1.29 is 24.0 Å². The number of para-hydroxylation sites is 1. The molecule has 8 nitrogen and oxygen atoms in total. The molecule has 1 heterocycles. The second-order valence-electron chi connectivity index (χ2n) is 7.52. The number of hydrogen-bond donors (Lipinski definition) is 0. The van der Waals surface area contributed by atoms with Gasteiger partial charge < -0.3 is 9.47 Å². The number of amides is 2. The Balaban J connectivity index is 1.40. The SMILES string of the molecule is O=C1S/C(=C\c2cc(Br)c(OCc3ccc([N+](=O)[O-])cc3)c(Br)c2)C(=O)N1CCOc1ccccc1. The van der Waals surface area contributed by atoms with Crippen molar-refractivity contribution in [2.75, 3.05) is 13.2 Å². The number of thioether (sulfide) groups is 1. The minimum Gasteiger partial charge on any atom is -0.492 e. The molecule has 0 aromatic heterocycles. The standard InChI is InChI=1S/C25H18Br2N2O6S/c26-20-12-17(13-21(27)23(20)35-15-16-6-8-18(9-7-16)29(32)33)14-22-24(30)28(25(31)36-22)10-11-34-19-4-2-1-3-5-19/h1-9,12-14H,10-11,15H2/b22-14-. The molecule has 36 heavy (non-hydrogen) atoms. The highest BCUT2D eigenvalue weighted by molar-refractivity contribution is 9.11. The fourth-order valence-electron chi connectivity index (χ4n) is 3.29. The molecule has 1 fully saturated rings. The van der Waals surface area contributed by atoms with Gasteiger partial charge in [-0.25, -0.2) is 0 Å². The minimum atomic E-state index is -0.455. The lowest BCUT2D eigenvalue weighted by Crippen LogP contribution is -2.32. The summed E-state index contributed by atoms with van der Waals surface area (Å²) in [6.45, 7) is 0.561. The predicted octanol–water partition coefficient (Wildman–Crippen LogP) is 6.81. The van der Waals surface area contributed by atoms with Crippen LogP contribution >= 0.6 is 43.6 Å². The normalized spacial score (nSPS) is 14.4. The highest BCUT2D eigenvalue weighted by Gasteiger charge is 2.34. The van der Waals surface area contributed by atoms with E-state index in [0.717, 1.165) is 17.3 Å². The van der Waals surface area contributed by atoms with Crippen LogP contribution < -0.4 is 9.47 Å². The number of nitro groups is 1. The molecule has 0 spiro atoms. The predicted molar refractivity (Wildman–Crippen MR) is 144 cm³/mol. The van der Waals surface area contributed by atoms with Gasteiger partial charge in [0.2, 0.25) is 0 Å². The van der Waals surface area contributed by atoms with Crippen LogP contribution in [0.4, 0.5) is 10.5 Å². The number of non-ortho nitro benzene ring substituents is 1. The van der Waals surface area contributed by atoms with Gasteiger partial charge in [-0.05, 0) is 97.2 Å². The quantitative estimate of drug-likeness (QED) is 0.145. The summed E-state index contributed by atoms with van der Waals surface area (Å²) in [5.74, 6) is 0.842. The molecule has 1 saturated heterocycles. The van der Waals surface area contributed by atoms with Crippen LogP contribution in [0.5, 0.6) is 11.5 Å². The average molecular weight is 634 g/mol. The van der Waals surface area contributed by atoms with E-state index in [1.807, 2.05) is 30.3 Å². The number of nitrogens with zero attached hydrogens (tertiary/aromatic N) is 2. The number of halogens is 2. The third-order valence-corrected chi connectivity index (χ3v) is 7.13. The summed E-state index contributed by atoms with van der Waals surface area (Å²) in [4.78, 5) is 37.0. The molecule has 4 rings (SSSR count). The second kappa shape index (κ2) is 11.7. The van der Waals surface area contributed by atoms with Gasteiger partial charge in [-0.3, -0.25) is 24.6 Å². The summed E-state index contributed by atoms with van der Waals surface area (Å²) >= 11 is 7.86. The lowest BCUT2D eigenvalue weighted by molar-refractivity contribution is -0.384. The van der Waals surface area contributed by atoms with Gasteiger partial charge in [0.15, 0.2) is 0 Å². The van der Waals surface area contributed by atoms with Crippen LogP contribution in [-0.4, -0.2) is 34.1 Å². The van der Waals surface area contributed by atoms with Crippen LogP contribution in [0.1, 0.15) is 11.1 Å². The molecule has 1 aliphatic rings. The first-order chi connectivity index (χ1) is 17.3. The molecule has 0 bridgehead atoms. The lowest BCUT2D eigenvalue weighted by Gasteiger charge is -2.13. The van der Waals surface area contributed by atoms with Crippen LogP contribution in [-0.2, 0) is 11.4 Å². The van der Waals surface area contributed by atoms with E-state index in [1.54, 1.807) is 30.3 Å². The van der Waals surface area contributed by atoms with Crippen LogP contribution in [0.2, 0.25) is 0 Å². The number of benzene rings is 3. The monoisotopic (exact) mass is 632 g/mol. The third-order valence-electron chi connectivity index (χ3n) is 5.05. The summed E-state index contributed by atoms with van der Waals surface area (Å²) in [5, 5.41) is 10.5. The molecular weight excluding hydrogens is 616 g/mol. The smallest absolute Gasteiger partial charge is 0.293 e. The maximum Gasteiger partial charge on any atom is 0.293 e. The zero-order valence-corrected chi connectivity index (χ0v) is 22.5. The lowest BCUT2D eigenvalue weighted by atomic mass is 10.2. The molecule has 0 radical (unpaired) electrons. The third kappa shape index (κ3) is 6.34. The van der Waals surface area contributed by atoms with Crippen LogP contribution in [0.25, 0.3) is 6.08 Å². The zero-order chi connectivity index (χ0) is 25.7. The minimum absolute atomic E-state index is 0.0126.